The molecule has 1 heterocycles. The van der Waals surface area contributed by atoms with Crippen LogP contribution in [0.4, 0.5) is 11.4 Å². The number of fused-ring (bicyclic) bond motifs is 1. The number of nitrogens with one attached hydrogen (secondary N) is 1. The minimum Gasteiger partial charge on any atom is -0.324 e. The fourth-order valence-electron chi connectivity index (χ4n) is 3.41. The van der Waals surface area contributed by atoms with Crippen LogP contribution >= 0.6 is 0 Å². The standard InChI is InChI=1S/C22H15N3O5/c26-19(23-17-11-5-4-9-15(17)14-7-2-1-3-8-14)13-24-21(27)16-10-6-12-18(25(29)30)20(16)22(24)28/h1-12H,13H2,(H,23,26). The molecule has 0 atom stereocenters. The topological polar surface area (TPSA) is 110 Å². The van der Waals surface area contributed by atoms with Crippen LogP contribution in [-0.2, 0) is 4.79 Å². The van der Waals surface area contributed by atoms with Crippen molar-refractivity contribution in [3.8, 4) is 11.1 Å². The number of hydrogen-bond acceptors (Lipinski definition) is 5. The van der Waals surface area contributed by atoms with E-state index in [1.54, 1.807) is 12.1 Å². The number of carbonyl (C=O) groups excluding carboxylic acids is 3. The van der Waals surface area contributed by atoms with E-state index in [4.69, 9.17) is 0 Å². The first-order valence-electron chi connectivity index (χ1n) is 9.05. The number of nitrogens with zero attached hydrogens (tertiary/aromatic N) is 2. The van der Waals surface area contributed by atoms with Crippen molar-refractivity contribution in [3.63, 3.8) is 0 Å². The van der Waals surface area contributed by atoms with E-state index in [-0.39, 0.29) is 11.1 Å². The van der Waals surface area contributed by atoms with Crippen molar-refractivity contribution in [1.29, 1.82) is 0 Å². The Morgan fingerprint density at radius 1 is 0.867 bits per heavy atom. The molecule has 30 heavy (non-hydrogen) atoms. The van der Waals surface area contributed by atoms with Crippen molar-refractivity contribution in [3.05, 3.63) is 94.0 Å². The molecule has 0 bridgehead atoms. The summed E-state index contributed by atoms with van der Waals surface area (Å²) in [5.41, 5.74) is 1.38. The van der Waals surface area contributed by atoms with Gasteiger partial charge in [-0.05, 0) is 17.7 Å². The summed E-state index contributed by atoms with van der Waals surface area (Å²) in [5, 5.41) is 13.9. The Balaban J connectivity index is 1.57. The van der Waals surface area contributed by atoms with Crippen LogP contribution in [0.25, 0.3) is 11.1 Å². The summed E-state index contributed by atoms with van der Waals surface area (Å²) in [4.78, 5) is 49.0. The largest absolute Gasteiger partial charge is 0.324 e. The number of nitro groups is 1. The average Bonchev–Trinajstić information content (AvgIpc) is 2.99. The van der Waals surface area contributed by atoms with Crippen molar-refractivity contribution in [2.45, 2.75) is 0 Å². The smallest absolute Gasteiger partial charge is 0.282 e. The molecule has 0 unspecified atom stereocenters. The molecular formula is C22H15N3O5. The first-order chi connectivity index (χ1) is 14.5. The molecule has 1 N–H and O–H groups in total. The van der Waals surface area contributed by atoms with Gasteiger partial charge in [-0.2, -0.15) is 0 Å². The van der Waals surface area contributed by atoms with Gasteiger partial charge < -0.3 is 5.32 Å². The van der Waals surface area contributed by atoms with Crippen LogP contribution in [0.5, 0.6) is 0 Å². The van der Waals surface area contributed by atoms with Gasteiger partial charge in [-0.25, -0.2) is 0 Å². The summed E-state index contributed by atoms with van der Waals surface area (Å²) in [6.07, 6.45) is 0. The summed E-state index contributed by atoms with van der Waals surface area (Å²) >= 11 is 0. The van der Waals surface area contributed by atoms with Crippen LogP contribution in [0.1, 0.15) is 20.7 Å². The molecular weight excluding hydrogens is 386 g/mol. The van der Waals surface area contributed by atoms with Crippen molar-refractivity contribution in [2.75, 3.05) is 11.9 Å². The molecule has 0 radical (unpaired) electrons. The molecule has 148 valence electrons. The molecule has 3 aromatic rings. The van der Waals surface area contributed by atoms with Crippen molar-refractivity contribution in [2.24, 2.45) is 0 Å². The van der Waals surface area contributed by atoms with Crippen molar-refractivity contribution < 1.29 is 19.3 Å². The lowest BCUT2D eigenvalue weighted by atomic mass is 10.0. The maximum atomic E-state index is 12.6. The van der Waals surface area contributed by atoms with E-state index < -0.39 is 34.9 Å². The number of anilines is 1. The maximum absolute atomic E-state index is 12.6. The second kappa shape index (κ2) is 7.59. The first-order valence-corrected chi connectivity index (χ1v) is 9.05. The third-order valence-electron chi connectivity index (χ3n) is 4.76. The van der Waals surface area contributed by atoms with Gasteiger partial charge in [0.05, 0.1) is 10.5 Å². The molecule has 8 nitrogen and oxygen atoms in total. The molecule has 1 aliphatic heterocycles. The molecule has 3 aromatic carbocycles. The predicted molar refractivity (Wildman–Crippen MR) is 109 cm³/mol. The molecule has 4 rings (SSSR count). The first kappa shape index (κ1) is 19.0. The van der Waals surface area contributed by atoms with Gasteiger partial charge in [-0.15, -0.1) is 0 Å². The van der Waals surface area contributed by atoms with Crippen LogP contribution in [-0.4, -0.2) is 34.1 Å². The SMILES string of the molecule is O=C(CN1C(=O)c2cccc([N+](=O)[O-])c2C1=O)Nc1ccccc1-c1ccccc1. The van der Waals surface area contributed by atoms with E-state index in [1.807, 2.05) is 42.5 Å². The van der Waals surface area contributed by atoms with Gasteiger partial charge in [0, 0.05) is 17.3 Å². The van der Waals surface area contributed by atoms with Gasteiger partial charge in [-0.3, -0.25) is 29.4 Å². The lowest BCUT2D eigenvalue weighted by molar-refractivity contribution is -0.385. The summed E-state index contributed by atoms with van der Waals surface area (Å²) in [6, 6.07) is 20.4. The zero-order chi connectivity index (χ0) is 21.3. The van der Waals surface area contributed by atoms with Gasteiger partial charge in [0.15, 0.2) is 0 Å². The van der Waals surface area contributed by atoms with Gasteiger partial charge in [0.1, 0.15) is 12.1 Å². The normalized spacial score (nSPS) is 12.6. The van der Waals surface area contributed by atoms with Crippen molar-refractivity contribution in [1.82, 2.24) is 4.90 Å². The molecule has 8 heteroatoms. The zero-order valence-electron chi connectivity index (χ0n) is 15.6. The number of nitro benzene ring substituents is 1. The number of hydrogen-bond donors (Lipinski definition) is 1. The monoisotopic (exact) mass is 401 g/mol. The number of rotatable bonds is 5. The number of imide groups is 1. The summed E-state index contributed by atoms with van der Waals surface area (Å²) < 4.78 is 0. The lowest BCUT2D eigenvalue weighted by Crippen LogP contribution is -2.37. The summed E-state index contributed by atoms with van der Waals surface area (Å²) in [5.74, 6) is -2.17. The highest BCUT2D eigenvalue weighted by molar-refractivity contribution is 6.24. The highest BCUT2D eigenvalue weighted by Crippen LogP contribution is 2.31. The number of benzene rings is 3. The Bertz CT molecular complexity index is 1190. The Labute approximate surface area is 170 Å². The summed E-state index contributed by atoms with van der Waals surface area (Å²) in [7, 11) is 0. The molecule has 0 saturated heterocycles. The molecule has 1 aliphatic rings. The number of carbonyl (C=O) groups is 3. The minimum atomic E-state index is -0.853. The Morgan fingerprint density at radius 2 is 1.53 bits per heavy atom. The van der Waals surface area contributed by atoms with Gasteiger partial charge in [0.2, 0.25) is 5.91 Å². The third kappa shape index (κ3) is 3.30. The average molecular weight is 401 g/mol. The number of para-hydroxylation sites is 1. The van der Waals surface area contributed by atoms with E-state index in [1.165, 1.54) is 12.1 Å². The zero-order valence-corrected chi connectivity index (χ0v) is 15.6. The maximum Gasteiger partial charge on any atom is 0.282 e. The third-order valence-corrected chi connectivity index (χ3v) is 4.76. The van der Waals surface area contributed by atoms with Gasteiger partial charge in [-0.1, -0.05) is 54.6 Å². The molecule has 3 amide bonds. The molecule has 0 aliphatic carbocycles. The fourth-order valence-corrected chi connectivity index (χ4v) is 3.41. The minimum absolute atomic E-state index is 0.0771. The predicted octanol–water partition coefficient (Wildman–Crippen LogP) is 3.50. The quantitative estimate of drug-likeness (QED) is 0.400. The van der Waals surface area contributed by atoms with E-state index in [0.29, 0.717) is 5.69 Å². The summed E-state index contributed by atoms with van der Waals surface area (Å²) in [6.45, 7) is -0.549. The molecule has 0 fully saturated rings. The van der Waals surface area contributed by atoms with Crippen LogP contribution in [0.3, 0.4) is 0 Å². The van der Waals surface area contributed by atoms with E-state index >= 15 is 0 Å². The second-order valence-corrected chi connectivity index (χ2v) is 6.61. The van der Waals surface area contributed by atoms with E-state index in [9.17, 15) is 24.5 Å². The molecule has 0 aromatic heterocycles. The van der Waals surface area contributed by atoms with Crippen LogP contribution in [0.15, 0.2) is 72.8 Å². The molecule has 0 saturated carbocycles. The van der Waals surface area contributed by atoms with Crippen LogP contribution in [0, 0.1) is 10.1 Å². The Kier molecular flexibility index (Phi) is 4.81. The highest BCUT2D eigenvalue weighted by Gasteiger charge is 2.41. The Morgan fingerprint density at radius 3 is 2.27 bits per heavy atom. The fraction of sp³-hybridized carbons (Fsp3) is 0.0455. The van der Waals surface area contributed by atoms with E-state index in [2.05, 4.69) is 5.32 Å². The van der Waals surface area contributed by atoms with Gasteiger partial charge in [0.25, 0.3) is 17.5 Å². The second-order valence-electron chi connectivity index (χ2n) is 6.61. The molecule has 0 spiro atoms. The van der Waals surface area contributed by atoms with E-state index in [0.717, 1.165) is 22.1 Å². The van der Waals surface area contributed by atoms with Crippen LogP contribution in [0.2, 0.25) is 0 Å². The lowest BCUT2D eigenvalue weighted by Gasteiger charge is -2.15. The Hall–Kier alpha value is -4.33. The van der Waals surface area contributed by atoms with Gasteiger partial charge >= 0.3 is 0 Å². The van der Waals surface area contributed by atoms with Crippen LogP contribution < -0.4 is 5.32 Å². The van der Waals surface area contributed by atoms with Crippen molar-refractivity contribution >= 4 is 29.1 Å². The highest BCUT2D eigenvalue weighted by atomic mass is 16.6. The number of amides is 3.